The summed E-state index contributed by atoms with van der Waals surface area (Å²) in [6.45, 7) is 0. The highest BCUT2D eigenvalue weighted by atomic mass is 32.2. The van der Waals surface area contributed by atoms with Crippen molar-refractivity contribution in [1.29, 1.82) is 0 Å². The van der Waals surface area contributed by atoms with E-state index in [0.717, 1.165) is 12.2 Å². The lowest BCUT2D eigenvalue weighted by molar-refractivity contribution is 0.455. The Morgan fingerprint density at radius 3 is 2.85 bits per heavy atom. The first-order valence-corrected chi connectivity index (χ1v) is 7.70. The molecule has 1 aromatic heterocycles. The summed E-state index contributed by atoms with van der Waals surface area (Å²) in [6, 6.07) is 7.91. The SMILES string of the molecule is CSc1nc(NN)cc(Oc2ccc3c(c2)CCC3)n1. The number of rotatable bonds is 4. The number of nitrogen functional groups attached to an aromatic ring is 1. The zero-order valence-electron chi connectivity index (χ0n) is 11.2. The molecule has 0 saturated carbocycles. The largest absolute Gasteiger partial charge is 0.439 e. The third-order valence-electron chi connectivity index (χ3n) is 3.30. The standard InChI is InChI=1S/C14H16N4OS/c1-20-14-16-12(18-15)8-13(17-14)19-11-6-5-9-3-2-4-10(9)7-11/h5-8H,2-4,15H2,1H3,(H,16,17,18). The zero-order chi connectivity index (χ0) is 13.9. The Kier molecular flexibility index (Phi) is 3.75. The van der Waals surface area contributed by atoms with Crippen LogP contribution in [-0.4, -0.2) is 16.2 Å². The Hall–Kier alpha value is -1.79. The van der Waals surface area contributed by atoms with Crippen LogP contribution in [0.15, 0.2) is 29.4 Å². The quantitative estimate of drug-likeness (QED) is 0.390. The number of nitrogens with two attached hydrogens (primary N) is 1. The van der Waals surface area contributed by atoms with Crippen LogP contribution < -0.4 is 16.0 Å². The molecule has 3 N–H and O–H groups in total. The lowest BCUT2D eigenvalue weighted by atomic mass is 10.1. The summed E-state index contributed by atoms with van der Waals surface area (Å²) in [5.41, 5.74) is 5.32. The molecule has 5 nitrogen and oxygen atoms in total. The maximum Gasteiger partial charge on any atom is 0.225 e. The molecule has 0 bridgehead atoms. The van der Waals surface area contributed by atoms with E-state index >= 15 is 0 Å². The average Bonchev–Trinajstić information content (AvgIpc) is 2.94. The summed E-state index contributed by atoms with van der Waals surface area (Å²) < 4.78 is 5.83. The summed E-state index contributed by atoms with van der Waals surface area (Å²) in [5, 5.41) is 0.622. The van der Waals surface area contributed by atoms with Crippen molar-refractivity contribution in [2.24, 2.45) is 5.84 Å². The molecule has 0 unspecified atom stereocenters. The molecule has 104 valence electrons. The number of aromatic nitrogens is 2. The van der Waals surface area contributed by atoms with Crippen molar-refractivity contribution in [3.63, 3.8) is 0 Å². The highest BCUT2D eigenvalue weighted by Crippen LogP contribution is 2.29. The lowest BCUT2D eigenvalue weighted by Gasteiger charge is -2.09. The summed E-state index contributed by atoms with van der Waals surface area (Å²) in [5.74, 6) is 7.25. The number of ether oxygens (including phenoxy) is 1. The van der Waals surface area contributed by atoms with E-state index in [2.05, 4.69) is 27.5 Å². The Bertz CT molecular complexity index is 610. The third-order valence-corrected chi connectivity index (χ3v) is 3.85. The molecule has 1 heterocycles. The number of nitrogens with zero attached hydrogens (tertiary/aromatic N) is 2. The van der Waals surface area contributed by atoms with Crippen LogP contribution in [0.3, 0.4) is 0 Å². The van der Waals surface area contributed by atoms with Crippen LogP contribution in [0.25, 0.3) is 0 Å². The average molecular weight is 288 g/mol. The van der Waals surface area contributed by atoms with Gasteiger partial charge in [0.1, 0.15) is 11.6 Å². The van der Waals surface area contributed by atoms with Crippen molar-refractivity contribution in [2.75, 3.05) is 11.7 Å². The number of thioether (sulfide) groups is 1. The van der Waals surface area contributed by atoms with Crippen molar-refractivity contribution < 1.29 is 4.74 Å². The number of aryl methyl sites for hydroxylation is 2. The van der Waals surface area contributed by atoms with Gasteiger partial charge in [-0.25, -0.2) is 10.8 Å². The fourth-order valence-corrected chi connectivity index (χ4v) is 2.72. The highest BCUT2D eigenvalue weighted by Gasteiger charge is 2.12. The van der Waals surface area contributed by atoms with Gasteiger partial charge in [0.15, 0.2) is 5.16 Å². The zero-order valence-corrected chi connectivity index (χ0v) is 12.0. The van der Waals surface area contributed by atoms with Crippen LogP contribution in [0.5, 0.6) is 11.6 Å². The summed E-state index contributed by atoms with van der Waals surface area (Å²) in [4.78, 5) is 8.53. The molecule has 0 aliphatic heterocycles. The minimum atomic E-state index is 0.496. The normalized spacial score (nSPS) is 13.1. The molecule has 0 amide bonds. The fourth-order valence-electron chi connectivity index (χ4n) is 2.35. The van der Waals surface area contributed by atoms with Gasteiger partial charge in [-0.05, 0) is 48.8 Å². The number of hydrogen-bond acceptors (Lipinski definition) is 6. The number of hydrogen-bond donors (Lipinski definition) is 2. The number of nitrogens with one attached hydrogen (secondary N) is 1. The molecule has 0 saturated heterocycles. The smallest absolute Gasteiger partial charge is 0.225 e. The van der Waals surface area contributed by atoms with Crippen LogP contribution in [0.4, 0.5) is 5.82 Å². The highest BCUT2D eigenvalue weighted by molar-refractivity contribution is 7.98. The van der Waals surface area contributed by atoms with Crippen LogP contribution in [0.2, 0.25) is 0 Å². The Morgan fingerprint density at radius 1 is 1.20 bits per heavy atom. The molecule has 1 aliphatic rings. The molecule has 20 heavy (non-hydrogen) atoms. The summed E-state index contributed by atoms with van der Waals surface area (Å²) >= 11 is 1.45. The molecule has 0 atom stereocenters. The molecular weight excluding hydrogens is 272 g/mol. The van der Waals surface area contributed by atoms with Crippen molar-refractivity contribution >= 4 is 17.6 Å². The van der Waals surface area contributed by atoms with Gasteiger partial charge in [-0.2, -0.15) is 4.98 Å². The maximum absolute atomic E-state index is 5.83. The minimum absolute atomic E-state index is 0.496. The molecule has 0 fully saturated rings. The van der Waals surface area contributed by atoms with Crippen molar-refractivity contribution in [1.82, 2.24) is 9.97 Å². The summed E-state index contributed by atoms with van der Waals surface area (Å²) in [7, 11) is 0. The molecule has 6 heteroatoms. The number of anilines is 1. The second-order valence-corrected chi connectivity index (χ2v) is 5.38. The van der Waals surface area contributed by atoms with Crippen LogP contribution in [0, 0.1) is 0 Å². The van der Waals surface area contributed by atoms with E-state index < -0.39 is 0 Å². The van der Waals surface area contributed by atoms with Gasteiger partial charge in [-0.3, -0.25) is 0 Å². The monoisotopic (exact) mass is 288 g/mol. The molecule has 1 aliphatic carbocycles. The van der Waals surface area contributed by atoms with Gasteiger partial charge < -0.3 is 10.2 Å². The van der Waals surface area contributed by atoms with Gasteiger partial charge in [0.25, 0.3) is 0 Å². The topological polar surface area (TPSA) is 73.1 Å². The van der Waals surface area contributed by atoms with Gasteiger partial charge in [-0.1, -0.05) is 17.8 Å². The first-order valence-electron chi connectivity index (χ1n) is 6.48. The van der Waals surface area contributed by atoms with Crippen LogP contribution in [-0.2, 0) is 12.8 Å². The van der Waals surface area contributed by atoms with E-state index in [-0.39, 0.29) is 0 Å². The predicted octanol–water partition coefficient (Wildman–Crippen LogP) is 2.77. The molecular formula is C14H16N4OS. The second kappa shape index (κ2) is 5.68. The maximum atomic E-state index is 5.83. The Balaban J connectivity index is 1.87. The van der Waals surface area contributed by atoms with Crippen molar-refractivity contribution in [3.8, 4) is 11.6 Å². The van der Waals surface area contributed by atoms with Crippen molar-refractivity contribution in [2.45, 2.75) is 24.4 Å². The Labute approximate surface area is 121 Å². The molecule has 2 aromatic rings. The van der Waals surface area contributed by atoms with E-state index in [0.29, 0.717) is 16.9 Å². The second-order valence-electron chi connectivity index (χ2n) is 4.61. The number of hydrazine groups is 1. The van der Waals surface area contributed by atoms with E-state index in [1.165, 1.54) is 35.7 Å². The minimum Gasteiger partial charge on any atom is -0.439 e. The van der Waals surface area contributed by atoms with Gasteiger partial charge >= 0.3 is 0 Å². The molecule has 1 aromatic carbocycles. The van der Waals surface area contributed by atoms with Gasteiger partial charge in [0, 0.05) is 6.07 Å². The van der Waals surface area contributed by atoms with Gasteiger partial charge in [0.05, 0.1) is 0 Å². The lowest BCUT2D eigenvalue weighted by Crippen LogP contribution is -2.09. The fraction of sp³-hybridized carbons (Fsp3) is 0.286. The van der Waals surface area contributed by atoms with E-state index in [9.17, 15) is 0 Å². The van der Waals surface area contributed by atoms with Crippen LogP contribution >= 0.6 is 11.8 Å². The van der Waals surface area contributed by atoms with Crippen molar-refractivity contribution in [3.05, 3.63) is 35.4 Å². The first-order chi connectivity index (χ1) is 9.78. The van der Waals surface area contributed by atoms with E-state index in [1.807, 2.05) is 12.3 Å². The molecule has 3 rings (SSSR count). The molecule has 0 radical (unpaired) electrons. The first kappa shape index (κ1) is 13.2. The van der Waals surface area contributed by atoms with Gasteiger partial charge in [0.2, 0.25) is 5.88 Å². The van der Waals surface area contributed by atoms with Crippen LogP contribution in [0.1, 0.15) is 17.5 Å². The molecule has 0 spiro atoms. The van der Waals surface area contributed by atoms with E-state index in [4.69, 9.17) is 10.6 Å². The third kappa shape index (κ3) is 2.71. The number of benzene rings is 1. The predicted molar refractivity (Wildman–Crippen MR) is 80.2 cm³/mol. The Morgan fingerprint density at radius 2 is 2.05 bits per heavy atom. The van der Waals surface area contributed by atoms with E-state index in [1.54, 1.807) is 6.07 Å². The summed E-state index contributed by atoms with van der Waals surface area (Å²) in [6.07, 6.45) is 5.43. The van der Waals surface area contributed by atoms with Gasteiger partial charge in [-0.15, -0.1) is 0 Å². The number of fused-ring (bicyclic) bond motifs is 1.